The highest BCUT2D eigenvalue weighted by Crippen LogP contribution is 2.34. The van der Waals surface area contributed by atoms with Gasteiger partial charge in [0.15, 0.2) is 0 Å². The highest BCUT2D eigenvalue weighted by molar-refractivity contribution is 9.10. The van der Waals surface area contributed by atoms with Crippen LogP contribution >= 0.6 is 27.3 Å². The van der Waals surface area contributed by atoms with E-state index < -0.39 is 0 Å². The first-order valence-corrected chi connectivity index (χ1v) is 7.33. The van der Waals surface area contributed by atoms with Crippen LogP contribution in [0.3, 0.4) is 0 Å². The number of hydrogen-bond acceptors (Lipinski definition) is 2. The van der Waals surface area contributed by atoms with Crippen molar-refractivity contribution >= 4 is 27.3 Å². The van der Waals surface area contributed by atoms with Crippen LogP contribution in [0.2, 0.25) is 0 Å². The van der Waals surface area contributed by atoms with E-state index in [1.807, 2.05) is 19.2 Å². The second-order valence-corrected chi connectivity index (χ2v) is 6.41. The minimum absolute atomic E-state index is 0.0961. The highest BCUT2D eigenvalue weighted by Gasteiger charge is 2.20. The maximum absolute atomic E-state index is 14.2. The maximum atomic E-state index is 14.2. The van der Waals surface area contributed by atoms with Gasteiger partial charge in [0.2, 0.25) is 0 Å². The van der Waals surface area contributed by atoms with Crippen molar-refractivity contribution in [3.63, 3.8) is 0 Å². The lowest BCUT2D eigenvalue weighted by Crippen LogP contribution is -2.18. The molecule has 1 N–H and O–H groups in total. The summed E-state index contributed by atoms with van der Waals surface area (Å²) in [6.45, 7) is 4.14. The molecule has 0 aliphatic heterocycles. The molecular weight excluding hydrogens is 313 g/mol. The molecule has 1 nitrogen and oxygen atoms in total. The lowest BCUT2D eigenvalue weighted by Gasteiger charge is -2.17. The summed E-state index contributed by atoms with van der Waals surface area (Å²) in [7, 11) is 1.86. The van der Waals surface area contributed by atoms with E-state index >= 15 is 0 Å². The Morgan fingerprint density at radius 3 is 2.61 bits per heavy atom. The van der Waals surface area contributed by atoms with Gasteiger partial charge >= 0.3 is 0 Å². The highest BCUT2D eigenvalue weighted by atomic mass is 79.9. The smallest absolute Gasteiger partial charge is 0.142 e. The summed E-state index contributed by atoms with van der Waals surface area (Å²) in [5, 5.41) is 3.21. The molecule has 1 heterocycles. The zero-order valence-corrected chi connectivity index (χ0v) is 13.0. The van der Waals surface area contributed by atoms with Crippen LogP contribution in [0.5, 0.6) is 0 Å². The lowest BCUT2D eigenvalue weighted by molar-refractivity contribution is 0.573. The Kier molecular flexibility index (Phi) is 4.20. The van der Waals surface area contributed by atoms with E-state index in [1.54, 1.807) is 17.4 Å². The van der Waals surface area contributed by atoms with Crippen LogP contribution in [0, 0.1) is 19.7 Å². The molecule has 0 fully saturated rings. The number of hydrogen-bond donors (Lipinski definition) is 1. The van der Waals surface area contributed by atoms with Gasteiger partial charge in [-0.2, -0.15) is 0 Å². The van der Waals surface area contributed by atoms with Gasteiger partial charge in [-0.25, -0.2) is 4.39 Å². The predicted octanol–water partition coefficient (Wildman–Crippen LogP) is 4.58. The molecule has 0 spiro atoms. The van der Waals surface area contributed by atoms with Gasteiger partial charge in [0, 0.05) is 15.3 Å². The Bertz CT molecular complexity index is 565. The van der Waals surface area contributed by atoms with Crippen molar-refractivity contribution in [3.05, 3.63) is 55.4 Å². The van der Waals surface area contributed by atoms with E-state index in [4.69, 9.17) is 0 Å². The molecule has 1 aromatic heterocycles. The van der Waals surface area contributed by atoms with Crippen LogP contribution in [0.1, 0.15) is 26.9 Å². The van der Waals surface area contributed by atoms with E-state index in [0.29, 0.717) is 10.0 Å². The summed E-state index contributed by atoms with van der Waals surface area (Å²) < 4.78 is 14.7. The third-order valence-electron chi connectivity index (χ3n) is 2.92. The van der Waals surface area contributed by atoms with Crippen LogP contribution in [0.4, 0.5) is 4.39 Å². The third-order valence-corrected chi connectivity index (χ3v) is 4.75. The average molecular weight is 328 g/mol. The fourth-order valence-corrected chi connectivity index (χ4v) is 3.66. The molecule has 0 saturated heterocycles. The second kappa shape index (κ2) is 5.51. The number of benzene rings is 1. The molecule has 0 saturated carbocycles. The molecule has 96 valence electrons. The minimum Gasteiger partial charge on any atom is -0.309 e. The molecule has 1 atom stereocenters. The summed E-state index contributed by atoms with van der Waals surface area (Å²) >= 11 is 4.95. The average Bonchev–Trinajstić information content (AvgIpc) is 2.65. The number of aryl methyl sites for hydroxylation is 2. The Labute approximate surface area is 119 Å². The predicted molar refractivity (Wildman–Crippen MR) is 78.8 cm³/mol. The zero-order chi connectivity index (χ0) is 13.3. The van der Waals surface area contributed by atoms with Gasteiger partial charge in [0.05, 0.1) is 10.5 Å². The zero-order valence-electron chi connectivity index (χ0n) is 10.6. The van der Waals surface area contributed by atoms with E-state index in [2.05, 4.69) is 41.2 Å². The molecule has 18 heavy (non-hydrogen) atoms. The van der Waals surface area contributed by atoms with Crippen molar-refractivity contribution in [1.29, 1.82) is 0 Å². The summed E-state index contributed by atoms with van der Waals surface area (Å²) in [6.07, 6.45) is 0. The van der Waals surface area contributed by atoms with Crippen LogP contribution in [-0.4, -0.2) is 7.05 Å². The van der Waals surface area contributed by atoms with Gasteiger partial charge in [-0.15, -0.1) is 11.3 Å². The topological polar surface area (TPSA) is 12.0 Å². The van der Waals surface area contributed by atoms with E-state index in [-0.39, 0.29) is 11.9 Å². The maximum Gasteiger partial charge on any atom is 0.142 e. The number of thiophene rings is 1. The first kappa shape index (κ1) is 13.7. The van der Waals surface area contributed by atoms with E-state index in [0.717, 1.165) is 0 Å². The van der Waals surface area contributed by atoms with Crippen molar-refractivity contribution in [2.24, 2.45) is 0 Å². The summed E-state index contributed by atoms with van der Waals surface area (Å²) in [5.41, 5.74) is 1.88. The van der Waals surface area contributed by atoms with Crippen LogP contribution in [-0.2, 0) is 0 Å². The van der Waals surface area contributed by atoms with Gasteiger partial charge in [0.1, 0.15) is 5.82 Å². The molecule has 0 bridgehead atoms. The second-order valence-electron chi connectivity index (χ2n) is 4.27. The SMILES string of the molecule is CNC(c1cccc(Br)c1F)c1sc(C)cc1C. The summed E-state index contributed by atoms with van der Waals surface area (Å²) in [4.78, 5) is 2.42. The summed E-state index contributed by atoms with van der Waals surface area (Å²) in [6, 6.07) is 7.46. The largest absolute Gasteiger partial charge is 0.309 e. The standard InChI is InChI=1S/C14H15BrFNS/c1-8-7-9(2)18-14(8)13(17-3)10-5-4-6-11(15)12(10)16/h4-7,13,17H,1-3H3. The Morgan fingerprint density at radius 1 is 1.33 bits per heavy atom. The molecular formula is C14H15BrFNS. The molecule has 4 heteroatoms. The number of nitrogens with one attached hydrogen (secondary N) is 1. The molecule has 1 aromatic carbocycles. The van der Waals surface area contributed by atoms with Gasteiger partial charge in [-0.05, 0) is 54.5 Å². The minimum atomic E-state index is -0.192. The summed E-state index contributed by atoms with van der Waals surface area (Å²) in [5.74, 6) is -0.192. The fraction of sp³-hybridized carbons (Fsp3) is 0.286. The Balaban J connectivity index is 2.52. The molecule has 0 amide bonds. The van der Waals surface area contributed by atoms with Crippen LogP contribution < -0.4 is 5.32 Å². The van der Waals surface area contributed by atoms with Gasteiger partial charge < -0.3 is 5.32 Å². The lowest BCUT2D eigenvalue weighted by atomic mass is 10.0. The van der Waals surface area contributed by atoms with Crippen molar-refractivity contribution in [1.82, 2.24) is 5.32 Å². The van der Waals surface area contributed by atoms with E-state index in [1.165, 1.54) is 15.3 Å². The van der Waals surface area contributed by atoms with E-state index in [9.17, 15) is 4.39 Å². The molecule has 0 radical (unpaired) electrons. The van der Waals surface area contributed by atoms with Gasteiger partial charge in [-0.1, -0.05) is 12.1 Å². The normalized spacial score (nSPS) is 12.7. The monoisotopic (exact) mass is 327 g/mol. The first-order valence-electron chi connectivity index (χ1n) is 5.72. The Hall–Kier alpha value is -0.710. The number of rotatable bonds is 3. The fourth-order valence-electron chi connectivity index (χ4n) is 2.12. The molecule has 0 aliphatic rings. The van der Waals surface area contributed by atoms with Gasteiger partial charge in [-0.3, -0.25) is 0 Å². The van der Waals surface area contributed by atoms with Crippen molar-refractivity contribution in [3.8, 4) is 0 Å². The number of halogens is 2. The van der Waals surface area contributed by atoms with Crippen LogP contribution in [0.15, 0.2) is 28.7 Å². The molecule has 2 rings (SSSR count). The van der Waals surface area contributed by atoms with Crippen molar-refractivity contribution in [2.75, 3.05) is 7.05 Å². The van der Waals surface area contributed by atoms with Crippen LogP contribution in [0.25, 0.3) is 0 Å². The third kappa shape index (κ3) is 2.51. The molecule has 1 unspecified atom stereocenters. The molecule has 0 aliphatic carbocycles. The van der Waals surface area contributed by atoms with Gasteiger partial charge in [0.25, 0.3) is 0 Å². The molecule has 2 aromatic rings. The Morgan fingerprint density at radius 2 is 2.06 bits per heavy atom. The first-order chi connectivity index (χ1) is 8.54. The quantitative estimate of drug-likeness (QED) is 0.870. The van der Waals surface area contributed by atoms with Crippen molar-refractivity contribution in [2.45, 2.75) is 19.9 Å². The van der Waals surface area contributed by atoms with Crippen molar-refractivity contribution < 1.29 is 4.39 Å².